The summed E-state index contributed by atoms with van der Waals surface area (Å²) in [7, 11) is -0.469. The highest BCUT2D eigenvalue weighted by Gasteiger charge is 2.45. The number of likely N-dealkylation sites (N-methyl/N-ethyl adjacent to an activating group) is 1. The number of carbonyl (C=O) groups is 3. The lowest BCUT2D eigenvalue weighted by Crippen LogP contribution is -2.48. The molecule has 0 spiro atoms. The Balaban J connectivity index is 2.17. The van der Waals surface area contributed by atoms with Crippen LogP contribution >= 0.6 is 0 Å². The molecule has 0 saturated carbocycles. The van der Waals surface area contributed by atoms with Crippen molar-refractivity contribution in [2.75, 3.05) is 20.1 Å². The Morgan fingerprint density at radius 1 is 1.26 bits per heavy atom. The van der Waals surface area contributed by atoms with Gasteiger partial charge in [-0.1, -0.05) is 0 Å². The highest BCUT2D eigenvalue weighted by atomic mass is 19.1. The molecule has 1 heterocycles. The molecule has 1 saturated heterocycles. The predicted octanol–water partition coefficient (Wildman–Crippen LogP) is 0.714. The maximum absolute atomic E-state index is 14.3. The van der Waals surface area contributed by atoms with Gasteiger partial charge in [0.2, 0.25) is 6.07 Å². The zero-order valence-corrected chi connectivity index (χ0v) is 12.5. The minimum atomic E-state index is -2.39. The first-order valence-electron chi connectivity index (χ1n) is 6.80. The van der Waals surface area contributed by atoms with Gasteiger partial charge in [0.1, 0.15) is 5.82 Å². The molecule has 23 heavy (non-hydrogen) atoms. The van der Waals surface area contributed by atoms with Gasteiger partial charge in [0.25, 0.3) is 0 Å². The molecule has 0 N–H and O–H groups in total. The summed E-state index contributed by atoms with van der Waals surface area (Å²) in [5, 5.41) is 0. The third-order valence-electron chi connectivity index (χ3n) is 3.23. The standard InChI is InChI=1S/C14H14BF2NO5/c1-8-5-9(3-4-10(8)16)13(21)14(17)15-22-11(19)6-18(2)7-12(20)23-15/h3-5,14H,6-7H2,1-2H3/t14-/m0/s1. The van der Waals surface area contributed by atoms with E-state index in [9.17, 15) is 23.2 Å². The fourth-order valence-corrected chi connectivity index (χ4v) is 2.05. The SMILES string of the molecule is Cc1cc(C(=O)[C@H](F)B2OC(=O)CN(C)CC(=O)O2)ccc1F. The van der Waals surface area contributed by atoms with E-state index in [1.54, 1.807) is 0 Å². The van der Waals surface area contributed by atoms with E-state index in [4.69, 9.17) is 9.31 Å². The molecule has 6 nitrogen and oxygen atoms in total. The maximum atomic E-state index is 14.3. The van der Waals surface area contributed by atoms with Gasteiger partial charge in [-0.2, -0.15) is 0 Å². The number of aryl methyl sites for hydroxylation is 1. The lowest BCUT2D eigenvalue weighted by atomic mass is 9.77. The van der Waals surface area contributed by atoms with Crippen LogP contribution in [0, 0.1) is 12.7 Å². The van der Waals surface area contributed by atoms with Gasteiger partial charge in [-0.25, -0.2) is 8.78 Å². The predicted molar refractivity (Wildman–Crippen MR) is 75.8 cm³/mol. The summed E-state index contributed by atoms with van der Waals surface area (Å²) in [5.74, 6) is -3.25. The smallest absolute Gasteiger partial charge is 0.496 e. The molecule has 0 bridgehead atoms. The van der Waals surface area contributed by atoms with Crippen LogP contribution in [-0.4, -0.2) is 55.9 Å². The number of hydrogen-bond donors (Lipinski definition) is 0. The van der Waals surface area contributed by atoms with E-state index in [0.717, 1.165) is 12.1 Å². The summed E-state index contributed by atoms with van der Waals surface area (Å²) in [6.45, 7) is 0.954. The van der Waals surface area contributed by atoms with E-state index in [0.29, 0.717) is 0 Å². The first-order valence-corrected chi connectivity index (χ1v) is 6.80. The van der Waals surface area contributed by atoms with Crippen molar-refractivity contribution in [1.82, 2.24) is 4.90 Å². The fourth-order valence-electron chi connectivity index (χ4n) is 2.05. The molecule has 1 aromatic carbocycles. The number of alkyl halides is 1. The minimum Gasteiger partial charge on any atom is -0.496 e. The molecule has 0 aliphatic carbocycles. The topological polar surface area (TPSA) is 72.9 Å². The Labute approximate surface area is 131 Å². The van der Waals surface area contributed by atoms with Gasteiger partial charge >= 0.3 is 19.1 Å². The van der Waals surface area contributed by atoms with Crippen LogP contribution in [0.2, 0.25) is 0 Å². The first kappa shape index (κ1) is 17.1. The molecule has 0 radical (unpaired) electrons. The molecule has 1 fully saturated rings. The van der Waals surface area contributed by atoms with Crippen molar-refractivity contribution in [3.05, 3.63) is 35.1 Å². The van der Waals surface area contributed by atoms with E-state index in [-0.39, 0.29) is 24.2 Å². The molecule has 1 aliphatic heterocycles. The number of nitrogens with zero attached hydrogens (tertiary/aromatic N) is 1. The molecule has 0 amide bonds. The Kier molecular flexibility index (Phi) is 5.10. The number of halogens is 2. The number of hydrogen-bond acceptors (Lipinski definition) is 6. The van der Waals surface area contributed by atoms with Crippen molar-refractivity contribution in [2.45, 2.75) is 13.0 Å². The monoisotopic (exact) mass is 325 g/mol. The van der Waals surface area contributed by atoms with Crippen molar-refractivity contribution >= 4 is 24.8 Å². The van der Waals surface area contributed by atoms with E-state index in [1.165, 1.54) is 24.9 Å². The fraction of sp³-hybridized carbons (Fsp3) is 0.357. The quantitative estimate of drug-likeness (QED) is 0.602. The summed E-state index contributed by atoms with van der Waals surface area (Å²) in [6.07, 6.45) is -2.39. The molecule has 2 rings (SSSR count). The van der Waals surface area contributed by atoms with Crippen LogP contribution in [0.3, 0.4) is 0 Å². The molecule has 1 aliphatic rings. The largest absolute Gasteiger partial charge is 0.644 e. The summed E-state index contributed by atoms with van der Waals surface area (Å²) in [6, 6.07) is 3.31. The Hall–Kier alpha value is -2.29. The van der Waals surface area contributed by atoms with E-state index in [2.05, 4.69) is 0 Å². The second-order valence-electron chi connectivity index (χ2n) is 5.25. The number of rotatable bonds is 3. The van der Waals surface area contributed by atoms with Crippen molar-refractivity contribution in [3.8, 4) is 0 Å². The van der Waals surface area contributed by atoms with Gasteiger partial charge in [0, 0.05) is 5.56 Å². The average molecular weight is 325 g/mol. The van der Waals surface area contributed by atoms with Crippen LogP contribution in [0.15, 0.2) is 18.2 Å². The summed E-state index contributed by atoms with van der Waals surface area (Å²) >= 11 is 0. The maximum Gasteiger partial charge on any atom is 0.644 e. The van der Waals surface area contributed by atoms with Crippen molar-refractivity contribution in [3.63, 3.8) is 0 Å². The lowest BCUT2D eigenvalue weighted by molar-refractivity contribution is -0.146. The second kappa shape index (κ2) is 6.87. The van der Waals surface area contributed by atoms with Crippen molar-refractivity contribution in [2.24, 2.45) is 0 Å². The molecular formula is C14H14BF2NO5. The zero-order valence-electron chi connectivity index (χ0n) is 12.5. The second-order valence-corrected chi connectivity index (χ2v) is 5.25. The van der Waals surface area contributed by atoms with Crippen LogP contribution in [0.25, 0.3) is 0 Å². The third kappa shape index (κ3) is 4.13. The molecule has 0 aromatic heterocycles. The van der Waals surface area contributed by atoms with Crippen LogP contribution in [0.5, 0.6) is 0 Å². The van der Waals surface area contributed by atoms with E-state index in [1.807, 2.05) is 0 Å². The lowest BCUT2D eigenvalue weighted by Gasteiger charge is -2.23. The summed E-state index contributed by atoms with van der Waals surface area (Å²) < 4.78 is 36.9. The molecular weight excluding hydrogens is 311 g/mol. The molecule has 1 atom stereocenters. The highest BCUT2D eigenvalue weighted by molar-refractivity contribution is 6.56. The zero-order chi connectivity index (χ0) is 17.1. The summed E-state index contributed by atoms with van der Waals surface area (Å²) in [4.78, 5) is 36.5. The molecule has 9 heteroatoms. The van der Waals surface area contributed by atoms with E-state index >= 15 is 0 Å². The molecule has 1 aromatic rings. The first-order chi connectivity index (χ1) is 10.8. The number of ketones is 1. The van der Waals surface area contributed by atoms with Gasteiger partial charge in [-0.15, -0.1) is 0 Å². The van der Waals surface area contributed by atoms with Crippen LogP contribution in [0.4, 0.5) is 8.78 Å². The van der Waals surface area contributed by atoms with Gasteiger partial charge in [-0.05, 0) is 37.7 Å². The molecule has 0 unspecified atom stereocenters. The normalized spacial score (nSPS) is 17.8. The molecule has 122 valence electrons. The highest BCUT2D eigenvalue weighted by Crippen LogP contribution is 2.16. The third-order valence-corrected chi connectivity index (χ3v) is 3.23. The number of carbonyl (C=O) groups excluding carboxylic acids is 3. The van der Waals surface area contributed by atoms with Gasteiger partial charge < -0.3 is 9.31 Å². The Morgan fingerprint density at radius 2 is 1.83 bits per heavy atom. The Morgan fingerprint density at radius 3 is 2.35 bits per heavy atom. The van der Waals surface area contributed by atoms with Crippen molar-refractivity contribution in [1.29, 1.82) is 0 Å². The minimum absolute atomic E-state index is 0.109. The van der Waals surface area contributed by atoms with Crippen molar-refractivity contribution < 1.29 is 32.5 Å². The average Bonchev–Trinajstić information content (AvgIpc) is 2.46. The van der Waals surface area contributed by atoms with Crippen LogP contribution < -0.4 is 0 Å². The number of benzene rings is 1. The van der Waals surface area contributed by atoms with Gasteiger partial charge in [0.15, 0.2) is 5.78 Å². The van der Waals surface area contributed by atoms with E-state index < -0.39 is 36.7 Å². The number of Topliss-reactive ketones (excluding diaryl/α,β-unsaturated/α-hetero) is 1. The summed E-state index contributed by atoms with van der Waals surface area (Å²) in [5.41, 5.74) is 0.0546. The van der Waals surface area contributed by atoms with Gasteiger partial charge in [-0.3, -0.25) is 19.3 Å². The van der Waals surface area contributed by atoms with Crippen LogP contribution in [-0.2, 0) is 18.9 Å². The van der Waals surface area contributed by atoms with Gasteiger partial charge in [0.05, 0.1) is 13.1 Å². The van der Waals surface area contributed by atoms with Crippen LogP contribution in [0.1, 0.15) is 15.9 Å². The Bertz CT molecular complexity index is 634.